The largest absolute Gasteiger partial charge is 0.362 e. The van der Waals surface area contributed by atoms with Crippen molar-refractivity contribution in [1.29, 1.82) is 0 Å². The maximum absolute atomic E-state index is 10.6. The molecule has 5 heteroatoms. The van der Waals surface area contributed by atoms with Gasteiger partial charge in [-0.3, -0.25) is 4.79 Å². The monoisotopic (exact) mass is 185 g/mol. The second kappa shape index (κ2) is 3.49. The molecule has 0 spiro atoms. The second-order valence-corrected chi connectivity index (χ2v) is 2.77. The lowest BCUT2D eigenvalue weighted by atomic mass is 10.3. The molecule has 0 bridgehead atoms. The Hall–Kier alpha value is -1.16. The van der Waals surface area contributed by atoms with Gasteiger partial charge in [0.25, 0.3) is 0 Å². The predicted molar refractivity (Wildman–Crippen MR) is 46.8 cm³/mol. The highest BCUT2D eigenvalue weighted by Gasteiger charge is 2.09. The number of hydrogen-bond acceptors (Lipinski definition) is 4. The molecule has 1 aromatic rings. The summed E-state index contributed by atoms with van der Waals surface area (Å²) in [5.41, 5.74) is 0.323. The van der Waals surface area contributed by atoms with Gasteiger partial charge in [0.1, 0.15) is 17.3 Å². The minimum absolute atomic E-state index is 0.184. The van der Waals surface area contributed by atoms with E-state index in [2.05, 4.69) is 9.97 Å². The van der Waals surface area contributed by atoms with Crippen molar-refractivity contribution in [2.45, 2.75) is 0 Å². The van der Waals surface area contributed by atoms with E-state index in [1.165, 1.54) is 6.33 Å². The molecule has 4 nitrogen and oxygen atoms in total. The van der Waals surface area contributed by atoms with Gasteiger partial charge in [0, 0.05) is 14.1 Å². The Morgan fingerprint density at radius 1 is 1.50 bits per heavy atom. The standard InChI is InChI=1S/C7H8ClN3O/c1-11(2)7-5(3-12)6(8)9-4-10-7/h3-4H,1-2H3. The van der Waals surface area contributed by atoms with Crippen LogP contribution in [0.1, 0.15) is 10.4 Å². The van der Waals surface area contributed by atoms with Crippen LogP contribution in [0, 0.1) is 0 Å². The van der Waals surface area contributed by atoms with Crippen molar-refractivity contribution >= 4 is 23.7 Å². The predicted octanol–water partition coefficient (Wildman–Crippen LogP) is 1.01. The van der Waals surface area contributed by atoms with Gasteiger partial charge in [-0.25, -0.2) is 9.97 Å². The normalized spacial score (nSPS) is 9.58. The minimum atomic E-state index is 0.184. The van der Waals surface area contributed by atoms with Crippen LogP contribution >= 0.6 is 11.6 Å². The highest BCUT2D eigenvalue weighted by Crippen LogP contribution is 2.18. The molecule has 0 atom stereocenters. The fraction of sp³-hybridized carbons (Fsp3) is 0.286. The molecular formula is C7H8ClN3O. The molecule has 64 valence electrons. The summed E-state index contributed by atoms with van der Waals surface area (Å²) < 4.78 is 0. The van der Waals surface area contributed by atoms with Gasteiger partial charge >= 0.3 is 0 Å². The van der Waals surface area contributed by atoms with E-state index >= 15 is 0 Å². The third-order valence-electron chi connectivity index (χ3n) is 1.36. The van der Waals surface area contributed by atoms with E-state index in [9.17, 15) is 4.79 Å². The molecule has 0 amide bonds. The molecule has 0 saturated carbocycles. The van der Waals surface area contributed by atoms with E-state index in [4.69, 9.17) is 11.6 Å². The van der Waals surface area contributed by atoms with Crippen LogP contribution < -0.4 is 4.90 Å². The van der Waals surface area contributed by atoms with Crippen molar-refractivity contribution in [3.05, 3.63) is 17.0 Å². The number of anilines is 1. The van der Waals surface area contributed by atoms with Crippen LogP contribution in [0.3, 0.4) is 0 Å². The Bertz CT molecular complexity index is 301. The lowest BCUT2D eigenvalue weighted by Crippen LogP contribution is -2.13. The van der Waals surface area contributed by atoms with Gasteiger partial charge in [0.2, 0.25) is 0 Å². The Morgan fingerprint density at radius 2 is 2.17 bits per heavy atom. The van der Waals surface area contributed by atoms with Crippen LogP contribution in [0.5, 0.6) is 0 Å². The van der Waals surface area contributed by atoms with Gasteiger partial charge in [-0.05, 0) is 0 Å². The van der Waals surface area contributed by atoms with Gasteiger partial charge < -0.3 is 4.90 Å². The summed E-state index contributed by atoms with van der Waals surface area (Å²) >= 11 is 5.66. The van der Waals surface area contributed by atoms with Crippen LogP contribution in [-0.4, -0.2) is 30.3 Å². The van der Waals surface area contributed by atoms with E-state index in [0.29, 0.717) is 17.7 Å². The summed E-state index contributed by atoms with van der Waals surface area (Å²) in [7, 11) is 3.57. The van der Waals surface area contributed by atoms with Gasteiger partial charge in [-0.15, -0.1) is 0 Å². The average molecular weight is 186 g/mol. The van der Waals surface area contributed by atoms with E-state index in [1.54, 1.807) is 19.0 Å². The van der Waals surface area contributed by atoms with Crippen LogP contribution in [0.15, 0.2) is 6.33 Å². The van der Waals surface area contributed by atoms with Crippen LogP contribution in [0.25, 0.3) is 0 Å². The number of aldehydes is 1. The quantitative estimate of drug-likeness (QED) is 0.510. The van der Waals surface area contributed by atoms with Crippen molar-refractivity contribution in [2.24, 2.45) is 0 Å². The van der Waals surface area contributed by atoms with Crippen LogP contribution in [0.2, 0.25) is 5.15 Å². The topological polar surface area (TPSA) is 46.1 Å². The molecule has 0 aliphatic rings. The maximum atomic E-state index is 10.6. The Balaban J connectivity index is 3.27. The number of carbonyl (C=O) groups is 1. The summed E-state index contributed by atoms with van der Waals surface area (Å²) in [4.78, 5) is 19.9. The number of nitrogens with zero attached hydrogens (tertiary/aromatic N) is 3. The van der Waals surface area contributed by atoms with Crippen LogP contribution in [-0.2, 0) is 0 Å². The molecular weight excluding hydrogens is 178 g/mol. The molecule has 1 aromatic heterocycles. The molecule has 0 aliphatic carbocycles. The van der Waals surface area contributed by atoms with Crippen molar-refractivity contribution in [1.82, 2.24) is 9.97 Å². The van der Waals surface area contributed by atoms with Crippen molar-refractivity contribution in [2.75, 3.05) is 19.0 Å². The Kier molecular flexibility index (Phi) is 2.60. The van der Waals surface area contributed by atoms with Crippen LogP contribution in [0.4, 0.5) is 5.82 Å². The summed E-state index contributed by atoms with van der Waals surface area (Å²) in [5.74, 6) is 0.532. The molecule has 0 aromatic carbocycles. The number of hydrogen-bond donors (Lipinski definition) is 0. The first-order valence-electron chi connectivity index (χ1n) is 3.30. The zero-order chi connectivity index (χ0) is 9.14. The first kappa shape index (κ1) is 8.93. The molecule has 0 fully saturated rings. The first-order chi connectivity index (χ1) is 5.66. The second-order valence-electron chi connectivity index (χ2n) is 2.41. The van der Waals surface area contributed by atoms with Gasteiger partial charge in [0.05, 0.1) is 5.56 Å². The zero-order valence-electron chi connectivity index (χ0n) is 6.78. The number of rotatable bonds is 2. The maximum Gasteiger partial charge on any atom is 0.156 e. The third-order valence-corrected chi connectivity index (χ3v) is 1.66. The third kappa shape index (κ3) is 1.53. The zero-order valence-corrected chi connectivity index (χ0v) is 7.54. The molecule has 0 saturated heterocycles. The molecule has 1 heterocycles. The Labute approximate surface area is 75.2 Å². The van der Waals surface area contributed by atoms with Crippen molar-refractivity contribution in [3.63, 3.8) is 0 Å². The molecule has 1 rings (SSSR count). The average Bonchev–Trinajstić information content (AvgIpc) is 2.03. The first-order valence-corrected chi connectivity index (χ1v) is 3.67. The van der Waals surface area contributed by atoms with Crippen molar-refractivity contribution < 1.29 is 4.79 Å². The SMILES string of the molecule is CN(C)c1ncnc(Cl)c1C=O. The lowest BCUT2D eigenvalue weighted by molar-refractivity contribution is 0.112. The fourth-order valence-electron chi connectivity index (χ4n) is 0.823. The molecule has 0 aliphatic heterocycles. The lowest BCUT2D eigenvalue weighted by Gasteiger charge is -2.12. The number of aromatic nitrogens is 2. The minimum Gasteiger partial charge on any atom is -0.362 e. The highest BCUT2D eigenvalue weighted by molar-refractivity contribution is 6.32. The summed E-state index contributed by atoms with van der Waals surface area (Å²) in [6.45, 7) is 0. The van der Waals surface area contributed by atoms with Gasteiger partial charge in [-0.1, -0.05) is 11.6 Å². The van der Waals surface area contributed by atoms with Crippen molar-refractivity contribution in [3.8, 4) is 0 Å². The highest BCUT2D eigenvalue weighted by atomic mass is 35.5. The van der Waals surface area contributed by atoms with E-state index in [-0.39, 0.29) is 5.15 Å². The van der Waals surface area contributed by atoms with E-state index in [1.807, 2.05) is 0 Å². The van der Waals surface area contributed by atoms with E-state index in [0.717, 1.165) is 0 Å². The molecule has 12 heavy (non-hydrogen) atoms. The Morgan fingerprint density at radius 3 is 2.58 bits per heavy atom. The number of halogens is 1. The molecule has 0 N–H and O–H groups in total. The summed E-state index contributed by atoms with van der Waals surface area (Å²) in [6.07, 6.45) is 1.97. The molecule has 0 unspecified atom stereocenters. The molecule has 0 radical (unpaired) electrons. The summed E-state index contributed by atoms with van der Waals surface area (Å²) in [5, 5.41) is 0.184. The summed E-state index contributed by atoms with van der Waals surface area (Å²) in [6, 6.07) is 0. The smallest absolute Gasteiger partial charge is 0.156 e. The van der Waals surface area contributed by atoms with Gasteiger partial charge in [-0.2, -0.15) is 0 Å². The number of carbonyl (C=O) groups excluding carboxylic acids is 1. The van der Waals surface area contributed by atoms with E-state index < -0.39 is 0 Å². The fourth-order valence-corrected chi connectivity index (χ4v) is 0.996. The van der Waals surface area contributed by atoms with Gasteiger partial charge in [0.15, 0.2) is 6.29 Å².